The van der Waals surface area contributed by atoms with Crippen LogP contribution in [0, 0.1) is 0 Å². The van der Waals surface area contributed by atoms with Gasteiger partial charge >= 0.3 is 0 Å². The van der Waals surface area contributed by atoms with Gasteiger partial charge in [0, 0.05) is 18.8 Å². The van der Waals surface area contributed by atoms with Crippen LogP contribution >= 0.6 is 11.6 Å². The van der Waals surface area contributed by atoms with Crippen molar-refractivity contribution in [1.29, 1.82) is 0 Å². The van der Waals surface area contributed by atoms with Gasteiger partial charge < -0.3 is 19.7 Å². The van der Waals surface area contributed by atoms with Crippen LogP contribution in [-0.4, -0.2) is 43.2 Å². The lowest BCUT2D eigenvalue weighted by atomic mass is 10.2. The predicted molar refractivity (Wildman–Crippen MR) is 98.5 cm³/mol. The number of morpholine rings is 1. The molecule has 0 aliphatic carbocycles. The number of para-hydroxylation sites is 1. The number of ether oxygens (including phenoxy) is 2. The summed E-state index contributed by atoms with van der Waals surface area (Å²) in [6.07, 6.45) is 0. The molecule has 5 nitrogen and oxygen atoms in total. The van der Waals surface area contributed by atoms with Gasteiger partial charge in [0.15, 0.2) is 0 Å². The van der Waals surface area contributed by atoms with Crippen molar-refractivity contribution in [1.82, 2.24) is 4.90 Å². The minimum absolute atomic E-state index is 0.0830. The fraction of sp³-hybridized carbons (Fsp3) is 0.316. The number of anilines is 1. The first kappa shape index (κ1) is 17.6. The third-order valence-corrected chi connectivity index (χ3v) is 4.31. The van der Waals surface area contributed by atoms with Crippen molar-refractivity contribution in [2.75, 3.05) is 31.6 Å². The zero-order valence-electron chi connectivity index (χ0n) is 14.1. The van der Waals surface area contributed by atoms with Crippen molar-refractivity contribution >= 4 is 23.2 Å². The number of amides is 1. The molecule has 1 aliphatic rings. The Labute approximate surface area is 152 Å². The Morgan fingerprint density at radius 1 is 1.16 bits per heavy atom. The van der Waals surface area contributed by atoms with Crippen molar-refractivity contribution in [3.63, 3.8) is 0 Å². The van der Waals surface area contributed by atoms with E-state index < -0.39 is 0 Å². The molecule has 0 radical (unpaired) electrons. The molecule has 1 N–H and O–H groups in total. The maximum atomic E-state index is 12.4. The first-order chi connectivity index (χ1) is 12.1. The SMILES string of the molecule is C[C@H](Nc1ccc(Oc2ccccc2Cl)cc1)C(=O)N1CCOCC1. The maximum absolute atomic E-state index is 12.4. The number of carbonyl (C=O) groups excluding carboxylic acids is 1. The second-order valence-electron chi connectivity index (χ2n) is 5.86. The van der Waals surface area contributed by atoms with Crippen molar-refractivity contribution < 1.29 is 14.3 Å². The minimum Gasteiger partial charge on any atom is -0.456 e. The summed E-state index contributed by atoms with van der Waals surface area (Å²) in [6, 6.07) is 14.5. The lowest BCUT2D eigenvalue weighted by Gasteiger charge is -2.29. The van der Waals surface area contributed by atoms with Crippen molar-refractivity contribution in [3.8, 4) is 11.5 Å². The third-order valence-electron chi connectivity index (χ3n) is 4.00. The van der Waals surface area contributed by atoms with Gasteiger partial charge in [-0.15, -0.1) is 0 Å². The molecule has 1 saturated heterocycles. The summed E-state index contributed by atoms with van der Waals surface area (Å²) in [5, 5.41) is 3.79. The molecule has 2 aromatic rings. The van der Waals surface area contributed by atoms with Gasteiger partial charge in [0.1, 0.15) is 17.5 Å². The Hall–Kier alpha value is -2.24. The van der Waals surface area contributed by atoms with Crippen molar-refractivity contribution in [3.05, 3.63) is 53.6 Å². The van der Waals surface area contributed by atoms with E-state index in [0.29, 0.717) is 42.8 Å². The molecule has 132 valence electrons. The van der Waals surface area contributed by atoms with Crippen LogP contribution in [0.4, 0.5) is 5.69 Å². The molecule has 6 heteroatoms. The molecule has 1 atom stereocenters. The smallest absolute Gasteiger partial charge is 0.244 e. The maximum Gasteiger partial charge on any atom is 0.244 e. The van der Waals surface area contributed by atoms with Crippen LogP contribution < -0.4 is 10.1 Å². The Bertz CT molecular complexity index is 715. The average molecular weight is 361 g/mol. The molecule has 0 saturated carbocycles. The van der Waals surface area contributed by atoms with Crippen LogP contribution in [-0.2, 0) is 9.53 Å². The first-order valence-electron chi connectivity index (χ1n) is 8.29. The molecule has 0 unspecified atom stereocenters. The number of hydrogen-bond donors (Lipinski definition) is 1. The van der Waals surface area contributed by atoms with Gasteiger partial charge in [-0.3, -0.25) is 4.79 Å². The Kier molecular flexibility index (Phi) is 5.79. The van der Waals surface area contributed by atoms with E-state index >= 15 is 0 Å². The number of benzene rings is 2. The molecule has 1 aliphatic heterocycles. The standard InChI is InChI=1S/C19H21ClN2O3/c1-14(19(23)22-10-12-24-13-11-22)21-15-6-8-16(9-7-15)25-18-5-3-2-4-17(18)20/h2-9,14,21H,10-13H2,1H3/t14-/m0/s1. The van der Waals surface area contributed by atoms with E-state index in [1.165, 1.54) is 0 Å². The highest BCUT2D eigenvalue weighted by atomic mass is 35.5. The van der Waals surface area contributed by atoms with Gasteiger partial charge in [0.2, 0.25) is 5.91 Å². The van der Waals surface area contributed by atoms with Gasteiger partial charge in [0.25, 0.3) is 0 Å². The molecule has 0 aromatic heterocycles. The van der Waals surface area contributed by atoms with Gasteiger partial charge in [-0.1, -0.05) is 23.7 Å². The molecule has 1 heterocycles. The second-order valence-corrected chi connectivity index (χ2v) is 6.27. The fourth-order valence-corrected chi connectivity index (χ4v) is 2.82. The number of halogens is 1. The summed E-state index contributed by atoms with van der Waals surface area (Å²) in [4.78, 5) is 14.2. The summed E-state index contributed by atoms with van der Waals surface area (Å²) < 4.78 is 11.0. The van der Waals surface area contributed by atoms with Gasteiger partial charge in [-0.2, -0.15) is 0 Å². The summed E-state index contributed by atoms with van der Waals surface area (Å²) >= 11 is 6.09. The van der Waals surface area contributed by atoms with E-state index in [1.807, 2.05) is 54.3 Å². The summed E-state index contributed by atoms with van der Waals surface area (Å²) in [6.45, 7) is 4.37. The monoisotopic (exact) mass is 360 g/mol. The average Bonchev–Trinajstić information content (AvgIpc) is 2.65. The zero-order chi connectivity index (χ0) is 17.6. The van der Waals surface area contributed by atoms with Crippen LogP contribution in [0.3, 0.4) is 0 Å². The van der Waals surface area contributed by atoms with Crippen LogP contribution in [0.15, 0.2) is 48.5 Å². The number of rotatable bonds is 5. The molecular formula is C19H21ClN2O3. The summed E-state index contributed by atoms with van der Waals surface area (Å²) in [7, 11) is 0. The molecular weight excluding hydrogens is 340 g/mol. The first-order valence-corrected chi connectivity index (χ1v) is 8.67. The lowest BCUT2D eigenvalue weighted by molar-refractivity contribution is -0.135. The van der Waals surface area contributed by atoms with Crippen molar-refractivity contribution in [2.24, 2.45) is 0 Å². The Morgan fingerprint density at radius 2 is 1.84 bits per heavy atom. The quantitative estimate of drug-likeness (QED) is 0.881. The van der Waals surface area contributed by atoms with Gasteiger partial charge in [-0.25, -0.2) is 0 Å². The van der Waals surface area contributed by atoms with E-state index in [2.05, 4.69) is 5.32 Å². The zero-order valence-corrected chi connectivity index (χ0v) is 14.8. The lowest BCUT2D eigenvalue weighted by Crippen LogP contribution is -2.46. The Balaban J connectivity index is 1.58. The summed E-state index contributed by atoms with van der Waals surface area (Å²) in [5.41, 5.74) is 0.862. The molecule has 2 aromatic carbocycles. The number of nitrogens with zero attached hydrogens (tertiary/aromatic N) is 1. The molecule has 0 bridgehead atoms. The summed E-state index contributed by atoms with van der Waals surface area (Å²) in [5.74, 6) is 1.38. The normalized spacial score (nSPS) is 15.5. The van der Waals surface area contributed by atoms with E-state index in [1.54, 1.807) is 6.07 Å². The highest BCUT2D eigenvalue weighted by Crippen LogP contribution is 2.29. The van der Waals surface area contributed by atoms with Gasteiger partial charge in [0.05, 0.1) is 18.2 Å². The van der Waals surface area contributed by atoms with Crippen LogP contribution in [0.2, 0.25) is 5.02 Å². The van der Waals surface area contributed by atoms with E-state index in [9.17, 15) is 4.79 Å². The van der Waals surface area contributed by atoms with Crippen LogP contribution in [0.25, 0.3) is 0 Å². The second kappa shape index (κ2) is 8.23. The number of carbonyl (C=O) groups is 1. The van der Waals surface area contributed by atoms with E-state index in [0.717, 1.165) is 5.69 Å². The number of hydrogen-bond acceptors (Lipinski definition) is 4. The highest BCUT2D eigenvalue weighted by molar-refractivity contribution is 6.32. The Morgan fingerprint density at radius 3 is 2.52 bits per heavy atom. The van der Waals surface area contributed by atoms with E-state index in [4.69, 9.17) is 21.1 Å². The molecule has 0 spiro atoms. The molecule has 1 amide bonds. The highest BCUT2D eigenvalue weighted by Gasteiger charge is 2.22. The largest absolute Gasteiger partial charge is 0.456 e. The van der Waals surface area contributed by atoms with Gasteiger partial charge in [-0.05, 0) is 43.3 Å². The van der Waals surface area contributed by atoms with Crippen molar-refractivity contribution in [2.45, 2.75) is 13.0 Å². The molecule has 1 fully saturated rings. The minimum atomic E-state index is -0.298. The predicted octanol–water partition coefficient (Wildman–Crippen LogP) is 3.79. The van der Waals surface area contributed by atoms with Crippen LogP contribution in [0.5, 0.6) is 11.5 Å². The van der Waals surface area contributed by atoms with Crippen LogP contribution in [0.1, 0.15) is 6.92 Å². The fourth-order valence-electron chi connectivity index (χ4n) is 2.64. The number of nitrogens with one attached hydrogen (secondary N) is 1. The molecule has 3 rings (SSSR count). The third kappa shape index (κ3) is 4.65. The topological polar surface area (TPSA) is 50.8 Å². The van der Waals surface area contributed by atoms with E-state index in [-0.39, 0.29) is 11.9 Å². The molecule has 25 heavy (non-hydrogen) atoms.